The molecule has 0 N–H and O–H groups in total. The number of hydrogen-bond donors (Lipinski definition) is 1. The van der Waals surface area contributed by atoms with Crippen LogP contribution in [0.4, 0.5) is 4.79 Å². The van der Waals surface area contributed by atoms with Gasteiger partial charge in [0, 0.05) is 0 Å². The summed E-state index contributed by atoms with van der Waals surface area (Å²) in [7, 11) is -0.390. The van der Waals surface area contributed by atoms with Crippen LogP contribution in [0, 0.1) is 0 Å². The fourth-order valence-electron chi connectivity index (χ4n) is 0.494. The number of hydrogen-bond acceptors (Lipinski definition) is 1. The van der Waals surface area contributed by atoms with Crippen molar-refractivity contribution in [3.63, 3.8) is 0 Å². The largest absolute Gasteiger partial charge is 0.282 e. The Morgan fingerprint density at radius 1 is 1.50 bits per heavy atom. The monoisotopic (exact) mass is 150 g/mol. The summed E-state index contributed by atoms with van der Waals surface area (Å²) in [6.07, 6.45) is 1.96. The molecule has 0 saturated carbocycles. The number of rotatable bonds is 3. The van der Waals surface area contributed by atoms with Crippen LogP contribution < -0.4 is 0 Å². The molecule has 8 heavy (non-hydrogen) atoms. The second-order valence-electron chi connectivity index (χ2n) is 1.45. The van der Waals surface area contributed by atoms with Gasteiger partial charge in [0.15, 0.2) is 0 Å². The minimum absolute atomic E-state index is 0.0880. The quantitative estimate of drug-likeness (QED) is 0.483. The second-order valence-corrected chi connectivity index (χ2v) is 4.96. The van der Waals surface area contributed by atoms with E-state index in [1.807, 2.05) is 13.8 Å². The molecule has 0 aliphatic carbocycles. The third-order valence-electron chi connectivity index (χ3n) is 1.03. The van der Waals surface area contributed by atoms with E-state index in [1.54, 1.807) is 0 Å². The first-order valence-electron chi connectivity index (χ1n) is 2.70. The van der Waals surface area contributed by atoms with Crippen LogP contribution in [0.3, 0.4) is 0 Å². The molecule has 0 aliphatic rings. The van der Waals surface area contributed by atoms with E-state index in [0.717, 1.165) is 12.3 Å². The van der Waals surface area contributed by atoms with Gasteiger partial charge in [-0.1, -0.05) is 13.8 Å². The summed E-state index contributed by atoms with van der Waals surface area (Å²) in [6, 6.07) is 0. The van der Waals surface area contributed by atoms with E-state index >= 15 is 0 Å². The molecule has 0 aromatic rings. The Morgan fingerprint density at radius 2 is 1.88 bits per heavy atom. The van der Waals surface area contributed by atoms with Gasteiger partial charge in [-0.15, -0.1) is 12.6 Å². The summed E-state index contributed by atoms with van der Waals surface area (Å²) in [5, 5.41) is 0. The number of thiol groups is 1. The molecule has 0 radical (unpaired) electrons. The molecule has 0 spiro atoms. The lowest BCUT2D eigenvalue weighted by Gasteiger charge is -2.04. The smallest absolute Gasteiger partial charge is 0.206 e. The van der Waals surface area contributed by atoms with Crippen LogP contribution in [0.15, 0.2) is 0 Å². The van der Waals surface area contributed by atoms with Gasteiger partial charge in [0.05, 0.1) is 0 Å². The van der Waals surface area contributed by atoms with Crippen molar-refractivity contribution < 1.29 is 4.79 Å². The lowest BCUT2D eigenvalue weighted by molar-refractivity contribution is 0.276. The normalized spacial score (nSPS) is 10.0. The summed E-state index contributed by atoms with van der Waals surface area (Å²) < 4.78 is 0. The summed E-state index contributed by atoms with van der Waals surface area (Å²) >= 11 is 3.74. The fourth-order valence-corrected chi connectivity index (χ4v) is 2.33. The van der Waals surface area contributed by atoms with E-state index in [1.165, 1.54) is 0 Å². The highest BCUT2D eigenvalue weighted by Gasteiger charge is 2.06. The van der Waals surface area contributed by atoms with Crippen molar-refractivity contribution in [3.05, 3.63) is 0 Å². The maximum atomic E-state index is 10.5. The summed E-state index contributed by atoms with van der Waals surface area (Å²) in [4.78, 5) is 10.6. The van der Waals surface area contributed by atoms with Crippen molar-refractivity contribution in [2.45, 2.75) is 13.8 Å². The van der Waals surface area contributed by atoms with Crippen molar-refractivity contribution in [1.82, 2.24) is 0 Å². The lowest BCUT2D eigenvalue weighted by Crippen LogP contribution is -1.87. The van der Waals surface area contributed by atoms with Crippen LogP contribution >= 0.6 is 20.6 Å². The van der Waals surface area contributed by atoms with E-state index < -0.39 is 0 Å². The topological polar surface area (TPSA) is 17.1 Å². The van der Waals surface area contributed by atoms with Crippen molar-refractivity contribution in [1.29, 1.82) is 0 Å². The average Bonchev–Trinajstić information content (AvgIpc) is 1.69. The molecule has 0 saturated heterocycles. The Hall–Kier alpha value is 0.450. The minimum Gasteiger partial charge on any atom is -0.282 e. The van der Waals surface area contributed by atoms with Crippen molar-refractivity contribution >= 4 is 25.4 Å². The van der Waals surface area contributed by atoms with Gasteiger partial charge in [-0.3, -0.25) is 4.79 Å². The first kappa shape index (κ1) is 8.45. The molecule has 1 nitrogen and oxygen atoms in total. The first-order valence-corrected chi connectivity index (χ1v) is 4.86. The van der Waals surface area contributed by atoms with Crippen LogP contribution in [-0.4, -0.2) is 17.2 Å². The van der Waals surface area contributed by atoms with E-state index in [2.05, 4.69) is 12.6 Å². The SMILES string of the molecule is CCP(CC)C(=O)S. The standard InChI is InChI=1S/C5H11OPS/c1-3-7(4-2)5(6)8/h3-4H2,1-2H3,(H,6,8). The summed E-state index contributed by atoms with van der Waals surface area (Å²) in [6.45, 7) is 4.06. The van der Waals surface area contributed by atoms with Gasteiger partial charge in [-0.25, -0.2) is 0 Å². The van der Waals surface area contributed by atoms with Gasteiger partial charge in [0.2, 0.25) is 4.86 Å². The highest BCUT2D eigenvalue weighted by molar-refractivity contribution is 8.13. The molecule has 0 aromatic carbocycles. The van der Waals surface area contributed by atoms with Crippen LogP contribution in [0.1, 0.15) is 13.8 Å². The van der Waals surface area contributed by atoms with Crippen molar-refractivity contribution in [2.24, 2.45) is 0 Å². The van der Waals surface area contributed by atoms with Crippen LogP contribution in [0.2, 0.25) is 0 Å². The van der Waals surface area contributed by atoms with E-state index in [4.69, 9.17) is 0 Å². The van der Waals surface area contributed by atoms with Gasteiger partial charge < -0.3 is 0 Å². The zero-order valence-electron chi connectivity index (χ0n) is 5.22. The summed E-state index contributed by atoms with van der Waals surface area (Å²) in [5.41, 5.74) is 0. The Labute approximate surface area is 57.0 Å². The maximum Gasteiger partial charge on any atom is 0.206 e. The fraction of sp³-hybridized carbons (Fsp3) is 0.800. The number of carbonyl (C=O) groups excluding carboxylic acids is 1. The highest BCUT2D eigenvalue weighted by Crippen LogP contribution is 2.37. The maximum absolute atomic E-state index is 10.5. The molecule has 0 atom stereocenters. The zero-order valence-corrected chi connectivity index (χ0v) is 7.01. The van der Waals surface area contributed by atoms with Crippen molar-refractivity contribution in [2.75, 3.05) is 12.3 Å². The first-order chi connectivity index (χ1) is 3.72. The molecule has 0 bridgehead atoms. The van der Waals surface area contributed by atoms with Gasteiger partial charge in [-0.2, -0.15) is 0 Å². The predicted molar refractivity (Wildman–Crippen MR) is 42.4 cm³/mol. The molecule has 0 amide bonds. The zero-order chi connectivity index (χ0) is 6.57. The molecule has 48 valence electrons. The van der Waals surface area contributed by atoms with Crippen LogP contribution in [0.5, 0.6) is 0 Å². The molecular weight excluding hydrogens is 139 g/mol. The van der Waals surface area contributed by atoms with Crippen molar-refractivity contribution in [3.8, 4) is 0 Å². The predicted octanol–water partition coefficient (Wildman–Crippen LogP) is 2.56. The number of carbonyl (C=O) groups is 1. The van der Waals surface area contributed by atoms with Gasteiger partial charge >= 0.3 is 0 Å². The molecule has 0 heterocycles. The van der Waals surface area contributed by atoms with Gasteiger partial charge in [0.1, 0.15) is 0 Å². The highest BCUT2D eigenvalue weighted by atomic mass is 32.1. The minimum atomic E-state index is -0.390. The molecule has 0 aromatic heterocycles. The Bertz CT molecular complexity index is 80.5. The third kappa shape index (κ3) is 2.68. The van der Waals surface area contributed by atoms with Gasteiger partial charge in [0.25, 0.3) is 0 Å². The lowest BCUT2D eigenvalue weighted by atomic mass is 11.0. The van der Waals surface area contributed by atoms with E-state index in [-0.39, 0.29) is 12.8 Å². The molecular formula is C5H11OPS. The molecule has 0 rings (SSSR count). The van der Waals surface area contributed by atoms with Crippen LogP contribution in [0.25, 0.3) is 0 Å². The Balaban J connectivity index is 3.52. The Morgan fingerprint density at radius 3 is 1.88 bits per heavy atom. The van der Waals surface area contributed by atoms with E-state index in [0.29, 0.717) is 0 Å². The average molecular weight is 150 g/mol. The Kier molecular flexibility index (Phi) is 4.58. The summed E-state index contributed by atoms with van der Waals surface area (Å²) in [5.74, 6) is 0. The molecule has 0 unspecified atom stereocenters. The van der Waals surface area contributed by atoms with Crippen LogP contribution in [-0.2, 0) is 0 Å². The van der Waals surface area contributed by atoms with Gasteiger partial charge in [-0.05, 0) is 20.2 Å². The second kappa shape index (κ2) is 4.34. The van der Waals surface area contributed by atoms with E-state index in [9.17, 15) is 4.79 Å². The third-order valence-corrected chi connectivity index (χ3v) is 3.95. The molecule has 3 heteroatoms. The molecule has 0 aliphatic heterocycles. The molecule has 0 fully saturated rings.